The highest BCUT2D eigenvalue weighted by Gasteiger charge is 2.39. The number of amides is 1. The van der Waals surface area contributed by atoms with Gasteiger partial charge in [0.25, 0.3) is 5.91 Å². The summed E-state index contributed by atoms with van der Waals surface area (Å²) in [6, 6.07) is 12.1. The molecule has 2 saturated heterocycles. The molecule has 108 valence electrons. The molecule has 3 N–H and O–H groups in total. The highest BCUT2D eigenvalue weighted by molar-refractivity contribution is 5.99. The maximum Gasteiger partial charge on any atom is 0.251 e. The van der Waals surface area contributed by atoms with Gasteiger partial charge in [0.05, 0.1) is 0 Å². The SMILES string of the molecule is O=C(N[C@@H]1C[C@H]2CC[C@@H]1N2)c1ccc2ccc(O)cc2c1. The third kappa shape index (κ3) is 2.25. The second kappa shape index (κ2) is 4.74. The zero-order valence-corrected chi connectivity index (χ0v) is 11.7. The Morgan fingerprint density at radius 3 is 2.76 bits per heavy atom. The molecule has 0 aromatic heterocycles. The van der Waals surface area contributed by atoms with E-state index in [1.807, 2.05) is 24.3 Å². The molecule has 2 aliphatic heterocycles. The number of hydrogen-bond donors (Lipinski definition) is 3. The quantitative estimate of drug-likeness (QED) is 0.791. The molecule has 4 nitrogen and oxygen atoms in total. The van der Waals surface area contributed by atoms with Gasteiger partial charge < -0.3 is 15.7 Å². The molecule has 2 aromatic carbocycles. The molecule has 2 bridgehead atoms. The van der Waals surface area contributed by atoms with E-state index in [1.54, 1.807) is 12.1 Å². The molecule has 0 spiro atoms. The number of nitrogens with one attached hydrogen (secondary N) is 2. The number of fused-ring (bicyclic) bond motifs is 3. The van der Waals surface area contributed by atoms with Crippen molar-refractivity contribution in [1.29, 1.82) is 0 Å². The zero-order chi connectivity index (χ0) is 14.4. The van der Waals surface area contributed by atoms with Crippen molar-refractivity contribution in [3.8, 4) is 5.75 Å². The second-order valence-electron chi connectivity index (χ2n) is 6.11. The summed E-state index contributed by atoms with van der Waals surface area (Å²) in [4.78, 5) is 12.4. The van der Waals surface area contributed by atoms with Crippen molar-refractivity contribution in [2.75, 3.05) is 0 Å². The zero-order valence-electron chi connectivity index (χ0n) is 11.7. The lowest BCUT2D eigenvalue weighted by Crippen LogP contribution is -2.42. The van der Waals surface area contributed by atoms with Crippen LogP contribution in [0.4, 0.5) is 0 Å². The number of phenols is 1. The molecule has 0 unspecified atom stereocenters. The van der Waals surface area contributed by atoms with Gasteiger partial charge in [0, 0.05) is 23.7 Å². The Hall–Kier alpha value is -2.07. The summed E-state index contributed by atoms with van der Waals surface area (Å²) in [6.45, 7) is 0. The number of rotatable bonds is 2. The number of carbonyl (C=O) groups is 1. The minimum Gasteiger partial charge on any atom is -0.508 e. The van der Waals surface area contributed by atoms with Gasteiger partial charge in [-0.15, -0.1) is 0 Å². The Bertz CT molecular complexity index is 713. The topological polar surface area (TPSA) is 61.4 Å². The van der Waals surface area contributed by atoms with E-state index >= 15 is 0 Å². The predicted molar refractivity (Wildman–Crippen MR) is 81.4 cm³/mol. The van der Waals surface area contributed by atoms with Crippen LogP contribution >= 0.6 is 0 Å². The summed E-state index contributed by atoms with van der Waals surface area (Å²) in [6.07, 6.45) is 3.41. The van der Waals surface area contributed by atoms with Crippen LogP contribution in [0, 0.1) is 0 Å². The summed E-state index contributed by atoms with van der Waals surface area (Å²) >= 11 is 0. The first-order valence-corrected chi connectivity index (χ1v) is 7.49. The maximum absolute atomic E-state index is 12.4. The minimum atomic E-state index is -0.0282. The highest BCUT2D eigenvalue weighted by Crippen LogP contribution is 2.28. The lowest BCUT2D eigenvalue weighted by molar-refractivity contribution is 0.0931. The van der Waals surface area contributed by atoms with Crippen molar-refractivity contribution < 1.29 is 9.90 Å². The molecule has 4 heteroatoms. The van der Waals surface area contributed by atoms with Crippen LogP contribution in [-0.4, -0.2) is 29.1 Å². The van der Waals surface area contributed by atoms with Crippen LogP contribution in [0.1, 0.15) is 29.6 Å². The van der Waals surface area contributed by atoms with Crippen LogP contribution in [0.5, 0.6) is 5.75 Å². The molecule has 2 fully saturated rings. The first-order valence-electron chi connectivity index (χ1n) is 7.49. The van der Waals surface area contributed by atoms with Gasteiger partial charge in [-0.2, -0.15) is 0 Å². The molecule has 0 aliphatic carbocycles. The van der Waals surface area contributed by atoms with Gasteiger partial charge >= 0.3 is 0 Å². The van der Waals surface area contributed by atoms with E-state index in [0.717, 1.165) is 23.6 Å². The average molecular weight is 282 g/mol. The second-order valence-corrected chi connectivity index (χ2v) is 6.11. The molecule has 2 aliphatic rings. The summed E-state index contributed by atoms with van der Waals surface area (Å²) in [5, 5.41) is 18.1. The van der Waals surface area contributed by atoms with Gasteiger partial charge in [-0.1, -0.05) is 12.1 Å². The monoisotopic (exact) mass is 282 g/mol. The highest BCUT2D eigenvalue weighted by atomic mass is 16.3. The maximum atomic E-state index is 12.4. The number of carbonyl (C=O) groups excluding carboxylic acids is 1. The van der Waals surface area contributed by atoms with E-state index in [9.17, 15) is 9.90 Å². The summed E-state index contributed by atoms with van der Waals surface area (Å²) in [7, 11) is 0. The lowest BCUT2D eigenvalue weighted by Gasteiger charge is -2.21. The predicted octanol–water partition coefficient (Wildman–Crippen LogP) is 2.17. The smallest absolute Gasteiger partial charge is 0.251 e. The van der Waals surface area contributed by atoms with Crippen LogP contribution in [0.2, 0.25) is 0 Å². The number of benzene rings is 2. The molecular formula is C17H18N2O2. The molecular weight excluding hydrogens is 264 g/mol. The van der Waals surface area contributed by atoms with E-state index in [-0.39, 0.29) is 17.7 Å². The van der Waals surface area contributed by atoms with Crippen LogP contribution < -0.4 is 10.6 Å². The number of aromatic hydroxyl groups is 1. The summed E-state index contributed by atoms with van der Waals surface area (Å²) < 4.78 is 0. The normalized spacial score (nSPS) is 27.1. The van der Waals surface area contributed by atoms with Crippen LogP contribution in [-0.2, 0) is 0 Å². The number of hydrogen-bond acceptors (Lipinski definition) is 3. The standard InChI is InChI=1S/C17H18N2O2/c20-14-5-3-10-1-2-11(7-12(10)8-14)17(21)19-16-9-13-4-6-15(16)18-13/h1-3,5,7-8,13,15-16,18,20H,4,6,9H2,(H,19,21)/t13-,15+,16-/m1/s1. The molecule has 3 atom stereocenters. The van der Waals surface area contributed by atoms with Gasteiger partial charge in [0.1, 0.15) is 5.75 Å². The summed E-state index contributed by atoms with van der Waals surface area (Å²) in [5.74, 6) is 0.192. The first-order chi connectivity index (χ1) is 10.2. The molecule has 2 aromatic rings. The van der Waals surface area contributed by atoms with E-state index in [4.69, 9.17) is 0 Å². The van der Waals surface area contributed by atoms with Gasteiger partial charge in [-0.25, -0.2) is 0 Å². The van der Waals surface area contributed by atoms with Crippen molar-refractivity contribution >= 4 is 16.7 Å². The van der Waals surface area contributed by atoms with Gasteiger partial charge in [0.15, 0.2) is 0 Å². The van der Waals surface area contributed by atoms with Crippen molar-refractivity contribution in [2.45, 2.75) is 37.4 Å². The molecule has 21 heavy (non-hydrogen) atoms. The molecule has 4 rings (SSSR count). The van der Waals surface area contributed by atoms with Gasteiger partial charge in [0.2, 0.25) is 0 Å². The third-order valence-corrected chi connectivity index (χ3v) is 4.70. The van der Waals surface area contributed by atoms with Crippen molar-refractivity contribution in [3.05, 3.63) is 42.0 Å². The Labute approximate surface area is 123 Å². The Morgan fingerprint density at radius 2 is 2.00 bits per heavy atom. The minimum absolute atomic E-state index is 0.0282. The van der Waals surface area contributed by atoms with Crippen molar-refractivity contribution in [2.24, 2.45) is 0 Å². The van der Waals surface area contributed by atoms with Crippen molar-refractivity contribution in [3.63, 3.8) is 0 Å². The first kappa shape index (κ1) is 12.7. The van der Waals surface area contributed by atoms with Crippen molar-refractivity contribution in [1.82, 2.24) is 10.6 Å². The van der Waals surface area contributed by atoms with Crippen LogP contribution in [0.15, 0.2) is 36.4 Å². The van der Waals surface area contributed by atoms with E-state index < -0.39 is 0 Å². The Balaban J connectivity index is 1.56. The average Bonchev–Trinajstić information content (AvgIpc) is 3.09. The lowest BCUT2D eigenvalue weighted by atomic mass is 9.95. The third-order valence-electron chi connectivity index (χ3n) is 4.70. The fraction of sp³-hybridized carbons (Fsp3) is 0.353. The molecule has 0 radical (unpaired) electrons. The molecule has 0 saturated carbocycles. The van der Waals surface area contributed by atoms with Gasteiger partial charge in [-0.3, -0.25) is 4.79 Å². The fourth-order valence-electron chi connectivity index (χ4n) is 3.61. The largest absolute Gasteiger partial charge is 0.508 e. The van der Waals surface area contributed by atoms with E-state index in [2.05, 4.69) is 10.6 Å². The van der Waals surface area contributed by atoms with Gasteiger partial charge in [-0.05, 0) is 54.3 Å². The number of phenolic OH excluding ortho intramolecular Hbond substituents is 1. The fourth-order valence-corrected chi connectivity index (χ4v) is 3.61. The van der Waals surface area contributed by atoms with E-state index in [1.165, 1.54) is 6.42 Å². The molecule has 1 amide bonds. The Morgan fingerprint density at radius 1 is 1.14 bits per heavy atom. The molecule has 2 heterocycles. The van der Waals surface area contributed by atoms with Crippen LogP contribution in [0.3, 0.4) is 0 Å². The Kier molecular flexibility index (Phi) is 2.86. The van der Waals surface area contributed by atoms with E-state index in [0.29, 0.717) is 17.6 Å². The van der Waals surface area contributed by atoms with Crippen LogP contribution in [0.25, 0.3) is 10.8 Å². The summed E-state index contributed by atoms with van der Waals surface area (Å²) in [5.41, 5.74) is 0.649.